The second kappa shape index (κ2) is 7.10. The number of pyridine rings is 1. The van der Waals surface area contributed by atoms with Crippen LogP contribution >= 0.6 is 11.8 Å². The monoisotopic (exact) mass is 286 g/mol. The Morgan fingerprint density at radius 1 is 1.25 bits per heavy atom. The molecule has 0 fully saturated rings. The molecule has 1 amide bonds. The first kappa shape index (κ1) is 14.6. The topological polar surface area (TPSA) is 42.0 Å². The second-order valence-electron chi connectivity index (χ2n) is 4.65. The Kier molecular flexibility index (Phi) is 5.18. The Labute approximate surface area is 123 Å². The van der Waals surface area contributed by atoms with E-state index >= 15 is 0 Å². The SMILES string of the molecule is Cc1ccc(SCC(=O)NC(C)c2ccccn2)cc1. The van der Waals surface area contributed by atoms with Crippen LogP contribution in [0.3, 0.4) is 0 Å². The molecule has 1 unspecified atom stereocenters. The number of nitrogens with zero attached hydrogens (tertiary/aromatic N) is 1. The molecule has 0 saturated carbocycles. The summed E-state index contributed by atoms with van der Waals surface area (Å²) >= 11 is 1.54. The number of rotatable bonds is 5. The third-order valence-electron chi connectivity index (χ3n) is 2.90. The molecule has 0 bridgehead atoms. The van der Waals surface area contributed by atoms with Crippen molar-refractivity contribution >= 4 is 17.7 Å². The van der Waals surface area contributed by atoms with Gasteiger partial charge in [0.15, 0.2) is 0 Å². The predicted octanol–water partition coefficient (Wildman–Crippen LogP) is 3.36. The number of nitrogens with one attached hydrogen (secondary N) is 1. The lowest BCUT2D eigenvalue weighted by molar-refractivity contribution is -0.119. The van der Waals surface area contributed by atoms with Gasteiger partial charge in [0, 0.05) is 11.1 Å². The van der Waals surface area contributed by atoms with Gasteiger partial charge >= 0.3 is 0 Å². The van der Waals surface area contributed by atoms with Crippen LogP contribution in [0.4, 0.5) is 0 Å². The standard InChI is InChI=1S/C16H18N2OS/c1-12-6-8-14(9-7-12)20-11-16(19)18-13(2)15-5-3-4-10-17-15/h3-10,13H,11H2,1-2H3,(H,18,19). The molecule has 3 nitrogen and oxygen atoms in total. The molecule has 2 rings (SSSR count). The number of carbonyl (C=O) groups is 1. The minimum absolute atomic E-state index is 0.0220. The third-order valence-corrected chi connectivity index (χ3v) is 3.91. The fraction of sp³-hybridized carbons (Fsp3) is 0.250. The lowest BCUT2D eigenvalue weighted by Crippen LogP contribution is -2.28. The molecule has 1 heterocycles. The lowest BCUT2D eigenvalue weighted by Gasteiger charge is -2.13. The van der Waals surface area contributed by atoms with Crippen molar-refractivity contribution in [1.29, 1.82) is 0 Å². The highest BCUT2D eigenvalue weighted by atomic mass is 32.2. The van der Waals surface area contributed by atoms with Gasteiger partial charge in [0.05, 0.1) is 17.5 Å². The van der Waals surface area contributed by atoms with Gasteiger partial charge in [0.25, 0.3) is 0 Å². The summed E-state index contributed by atoms with van der Waals surface area (Å²) in [7, 11) is 0. The Morgan fingerprint density at radius 2 is 2.00 bits per heavy atom. The number of thioether (sulfide) groups is 1. The van der Waals surface area contributed by atoms with Crippen LogP contribution in [0.15, 0.2) is 53.6 Å². The van der Waals surface area contributed by atoms with Crippen LogP contribution in [0.2, 0.25) is 0 Å². The average Bonchev–Trinajstić information content (AvgIpc) is 2.47. The van der Waals surface area contributed by atoms with Gasteiger partial charge in [-0.1, -0.05) is 23.8 Å². The second-order valence-corrected chi connectivity index (χ2v) is 5.69. The fourth-order valence-electron chi connectivity index (χ4n) is 1.77. The normalized spacial score (nSPS) is 11.9. The Bertz CT molecular complexity index is 554. The maximum absolute atomic E-state index is 11.9. The van der Waals surface area contributed by atoms with Crippen LogP contribution in [0.25, 0.3) is 0 Å². The van der Waals surface area contributed by atoms with E-state index in [9.17, 15) is 4.79 Å². The summed E-state index contributed by atoms with van der Waals surface area (Å²) in [4.78, 5) is 17.3. The molecule has 0 radical (unpaired) electrons. The van der Waals surface area contributed by atoms with Gasteiger partial charge in [-0.15, -0.1) is 11.8 Å². The molecule has 0 spiro atoms. The van der Waals surface area contributed by atoms with Crippen molar-refractivity contribution in [2.24, 2.45) is 0 Å². The zero-order valence-electron chi connectivity index (χ0n) is 11.7. The van der Waals surface area contributed by atoms with Crippen molar-refractivity contribution in [2.45, 2.75) is 24.8 Å². The molecule has 0 aliphatic heterocycles. The molecular formula is C16H18N2OS. The number of hydrogen-bond donors (Lipinski definition) is 1. The zero-order chi connectivity index (χ0) is 14.4. The molecule has 1 aromatic carbocycles. The largest absolute Gasteiger partial charge is 0.347 e. The summed E-state index contributed by atoms with van der Waals surface area (Å²) in [6, 6.07) is 13.8. The van der Waals surface area contributed by atoms with E-state index in [1.807, 2.05) is 37.3 Å². The summed E-state index contributed by atoms with van der Waals surface area (Å²) in [5.74, 6) is 0.439. The highest BCUT2D eigenvalue weighted by molar-refractivity contribution is 8.00. The fourth-order valence-corrected chi connectivity index (χ4v) is 2.48. The molecular weight excluding hydrogens is 268 g/mol. The van der Waals surface area contributed by atoms with Gasteiger partial charge in [0.1, 0.15) is 0 Å². The van der Waals surface area contributed by atoms with Gasteiger partial charge in [-0.25, -0.2) is 0 Å². The third kappa shape index (κ3) is 4.38. The number of hydrogen-bond acceptors (Lipinski definition) is 3. The van der Waals surface area contributed by atoms with E-state index in [4.69, 9.17) is 0 Å². The number of aryl methyl sites for hydroxylation is 1. The number of carbonyl (C=O) groups excluding carboxylic acids is 1. The molecule has 1 atom stereocenters. The van der Waals surface area contributed by atoms with E-state index in [2.05, 4.69) is 29.4 Å². The molecule has 1 aromatic heterocycles. The first-order chi connectivity index (χ1) is 9.65. The van der Waals surface area contributed by atoms with Crippen LogP contribution in [0.1, 0.15) is 24.2 Å². The van der Waals surface area contributed by atoms with Crippen molar-refractivity contribution in [3.05, 3.63) is 59.9 Å². The van der Waals surface area contributed by atoms with Crippen LogP contribution < -0.4 is 5.32 Å². The predicted molar refractivity (Wildman–Crippen MR) is 82.7 cm³/mol. The van der Waals surface area contributed by atoms with Gasteiger partial charge < -0.3 is 5.32 Å². The average molecular weight is 286 g/mol. The molecule has 0 aliphatic carbocycles. The van der Waals surface area contributed by atoms with Crippen molar-refractivity contribution < 1.29 is 4.79 Å². The highest BCUT2D eigenvalue weighted by Crippen LogP contribution is 2.18. The van der Waals surface area contributed by atoms with E-state index in [0.717, 1.165) is 10.6 Å². The molecule has 4 heteroatoms. The maximum Gasteiger partial charge on any atom is 0.230 e. The van der Waals surface area contributed by atoms with E-state index < -0.39 is 0 Å². The molecule has 0 saturated heterocycles. The summed E-state index contributed by atoms with van der Waals surface area (Å²) < 4.78 is 0. The molecule has 104 valence electrons. The smallest absolute Gasteiger partial charge is 0.230 e. The van der Waals surface area contributed by atoms with Gasteiger partial charge in [-0.3, -0.25) is 9.78 Å². The van der Waals surface area contributed by atoms with Gasteiger partial charge in [-0.2, -0.15) is 0 Å². The summed E-state index contributed by atoms with van der Waals surface area (Å²) in [5.41, 5.74) is 2.10. The van der Waals surface area contributed by atoms with Crippen LogP contribution in [0.5, 0.6) is 0 Å². The molecule has 1 N–H and O–H groups in total. The Balaban J connectivity index is 1.82. The number of aromatic nitrogens is 1. The highest BCUT2D eigenvalue weighted by Gasteiger charge is 2.10. The Morgan fingerprint density at radius 3 is 2.65 bits per heavy atom. The van der Waals surface area contributed by atoms with Crippen molar-refractivity contribution in [1.82, 2.24) is 10.3 Å². The summed E-state index contributed by atoms with van der Waals surface area (Å²) in [6.45, 7) is 3.99. The van der Waals surface area contributed by atoms with Gasteiger partial charge in [-0.05, 0) is 38.1 Å². The minimum atomic E-state index is -0.0673. The van der Waals surface area contributed by atoms with E-state index in [-0.39, 0.29) is 11.9 Å². The quantitative estimate of drug-likeness (QED) is 0.857. The van der Waals surface area contributed by atoms with Crippen molar-refractivity contribution in [2.75, 3.05) is 5.75 Å². The van der Waals surface area contributed by atoms with Crippen molar-refractivity contribution in [3.8, 4) is 0 Å². The van der Waals surface area contributed by atoms with Crippen molar-refractivity contribution in [3.63, 3.8) is 0 Å². The summed E-state index contributed by atoms with van der Waals surface area (Å²) in [6.07, 6.45) is 1.74. The number of amides is 1. The van der Waals surface area contributed by atoms with E-state index in [1.165, 1.54) is 5.56 Å². The number of benzene rings is 1. The maximum atomic E-state index is 11.9. The van der Waals surface area contributed by atoms with Crippen LogP contribution in [0, 0.1) is 6.92 Å². The molecule has 2 aromatic rings. The van der Waals surface area contributed by atoms with E-state index in [0.29, 0.717) is 5.75 Å². The first-order valence-electron chi connectivity index (χ1n) is 6.55. The molecule has 0 aliphatic rings. The zero-order valence-corrected chi connectivity index (χ0v) is 12.5. The lowest BCUT2D eigenvalue weighted by atomic mass is 10.2. The molecule has 20 heavy (non-hydrogen) atoms. The first-order valence-corrected chi connectivity index (χ1v) is 7.53. The van der Waals surface area contributed by atoms with E-state index in [1.54, 1.807) is 18.0 Å². The summed E-state index contributed by atoms with van der Waals surface area (Å²) in [5, 5.41) is 2.96. The van der Waals surface area contributed by atoms with Crippen LogP contribution in [-0.2, 0) is 4.79 Å². The Hall–Kier alpha value is -1.81. The van der Waals surface area contributed by atoms with Crippen LogP contribution in [-0.4, -0.2) is 16.6 Å². The van der Waals surface area contributed by atoms with Gasteiger partial charge in [0.2, 0.25) is 5.91 Å². The minimum Gasteiger partial charge on any atom is -0.347 e.